The van der Waals surface area contributed by atoms with Crippen molar-refractivity contribution in [2.75, 3.05) is 4.90 Å². The van der Waals surface area contributed by atoms with E-state index in [1.54, 1.807) is 23.5 Å². The van der Waals surface area contributed by atoms with Gasteiger partial charge in [-0.05, 0) is 62.2 Å². The number of rotatable bonds is 6. The molecule has 4 aromatic heterocycles. The van der Waals surface area contributed by atoms with Gasteiger partial charge in [0.1, 0.15) is 16.0 Å². The zero-order valence-electron chi connectivity index (χ0n) is 41.5. The summed E-state index contributed by atoms with van der Waals surface area (Å²) >= 11 is -0.614. The molecule has 1 aliphatic heterocycles. The van der Waals surface area contributed by atoms with Crippen molar-refractivity contribution in [1.82, 2.24) is 9.97 Å². The Labute approximate surface area is 399 Å². The number of nitrogens with zero attached hydrogens (tertiary/aromatic N) is 4. The van der Waals surface area contributed by atoms with E-state index in [0.717, 1.165) is 96.3 Å². The molecule has 1 saturated carbocycles. The molecule has 5 aromatic carbocycles. The summed E-state index contributed by atoms with van der Waals surface area (Å²) in [6.45, 7) is 4.25. The van der Waals surface area contributed by atoms with Crippen LogP contribution in [0.15, 0.2) is 114 Å². The molecular formula is C55H53GeIrN4OS. The summed E-state index contributed by atoms with van der Waals surface area (Å²) in [5.41, 5.74) is 11.9. The molecule has 5 heterocycles. The van der Waals surface area contributed by atoms with Crippen LogP contribution in [0.25, 0.3) is 58.8 Å². The zero-order chi connectivity index (χ0) is 47.0. The summed E-state index contributed by atoms with van der Waals surface area (Å²) in [4.78, 5) is 12.9. The maximum Gasteiger partial charge on any atom is 3.00 e. The molecule has 1 fully saturated rings. The minimum Gasteiger partial charge on any atom is 3.00 e. The van der Waals surface area contributed by atoms with Crippen molar-refractivity contribution in [3.63, 3.8) is 0 Å². The van der Waals surface area contributed by atoms with Gasteiger partial charge in [0.25, 0.3) is 0 Å². The molecule has 1 atom stereocenters. The van der Waals surface area contributed by atoms with E-state index in [4.69, 9.17) is 21.6 Å². The molecule has 0 bridgehead atoms. The number of fused-ring (bicyclic) bond motifs is 7. The second kappa shape index (κ2) is 17.6. The van der Waals surface area contributed by atoms with Gasteiger partial charge in [-0.2, -0.15) is 29.5 Å². The molecule has 1 unspecified atom stereocenters. The van der Waals surface area contributed by atoms with Gasteiger partial charge in [-0.1, -0.05) is 47.2 Å². The van der Waals surface area contributed by atoms with Crippen molar-refractivity contribution in [3.05, 3.63) is 160 Å². The summed E-state index contributed by atoms with van der Waals surface area (Å²) in [6.07, 6.45) is 5.49. The first-order valence-electron chi connectivity index (χ1n) is 24.2. The number of hydrogen-bond donors (Lipinski definition) is 0. The first-order valence-corrected chi connectivity index (χ1v) is 29.9. The Balaban J connectivity index is 0.000000174. The topological polar surface area (TPSA) is 56.3 Å². The fourth-order valence-corrected chi connectivity index (χ4v) is 13.6. The number of anilines is 2. The van der Waals surface area contributed by atoms with E-state index >= 15 is 0 Å². The van der Waals surface area contributed by atoms with Crippen molar-refractivity contribution >= 4 is 88.3 Å². The smallest absolute Gasteiger partial charge is 3.00 e. The van der Waals surface area contributed by atoms with E-state index in [9.17, 15) is 0 Å². The summed E-state index contributed by atoms with van der Waals surface area (Å²) in [7, 11) is 0. The zero-order valence-corrected chi connectivity index (χ0v) is 41.8. The molecule has 5 nitrogen and oxygen atoms in total. The van der Waals surface area contributed by atoms with E-state index in [0.29, 0.717) is 11.3 Å². The van der Waals surface area contributed by atoms with Crippen LogP contribution in [-0.4, -0.2) is 23.2 Å². The SMILES string of the molecule is Cc1ccc2c(n1)sc1c(C3[N-]c4ccccc4N3c3c(C)cc4c(oc5ccccc54)c3C)[c-]ccc12.[2H]C([2H])([2H])c1c[c-]c(-c2cc(C([2H])([2H])C3CCCCC3)[c]([Ge]([CH3])([CH3])[CH3])cn2)cc1.[Ir+3]. The maximum atomic E-state index is 9.04. The predicted molar refractivity (Wildman–Crippen MR) is 265 cm³/mol. The van der Waals surface area contributed by atoms with E-state index in [1.165, 1.54) is 33.5 Å². The van der Waals surface area contributed by atoms with Crippen LogP contribution in [0.1, 0.15) is 78.6 Å². The van der Waals surface area contributed by atoms with Gasteiger partial charge in [-0.15, -0.1) is 16.6 Å². The van der Waals surface area contributed by atoms with Crippen molar-refractivity contribution in [2.24, 2.45) is 5.92 Å². The van der Waals surface area contributed by atoms with Gasteiger partial charge >= 0.3 is 177 Å². The molecule has 318 valence electrons. The molecule has 11 rings (SSSR count). The summed E-state index contributed by atoms with van der Waals surface area (Å²) in [5.74, 6) is 6.86. The van der Waals surface area contributed by atoms with Crippen LogP contribution in [0, 0.1) is 45.7 Å². The molecule has 8 heteroatoms. The first-order chi connectivity index (χ1) is 32.0. The molecule has 0 amide bonds. The van der Waals surface area contributed by atoms with Gasteiger partial charge < -0.3 is 14.6 Å². The van der Waals surface area contributed by atoms with Gasteiger partial charge in [0, 0.05) is 33.4 Å². The number of furan rings is 1. The normalized spacial score (nSPS) is 17.0. The van der Waals surface area contributed by atoms with Gasteiger partial charge in [-0.25, -0.2) is 4.98 Å². The fraction of sp³-hybridized carbons (Fsp3) is 0.273. The fourth-order valence-electron chi connectivity index (χ4n) is 9.38. The maximum absolute atomic E-state index is 9.04. The van der Waals surface area contributed by atoms with E-state index < -0.39 is 26.5 Å². The monoisotopic (exact) mass is 1090 g/mol. The summed E-state index contributed by atoms with van der Waals surface area (Å²) in [5, 5.41) is 9.96. The van der Waals surface area contributed by atoms with Gasteiger partial charge in [0.2, 0.25) is 0 Å². The third kappa shape index (κ3) is 8.27. The number of hydrogen-bond acceptors (Lipinski definition) is 5. The van der Waals surface area contributed by atoms with Crippen molar-refractivity contribution < 1.29 is 31.4 Å². The minimum atomic E-state index is -2.35. The number of para-hydroxylation sites is 3. The average molecular weight is 1090 g/mol. The molecule has 63 heavy (non-hydrogen) atoms. The van der Waals surface area contributed by atoms with Crippen LogP contribution in [0.2, 0.25) is 17.3 Å². The van der Waals surface area contributed by atoms with Crippen LogP contribution in [0.3, 0.4) is 0 Å². The van der Waals surface area contributed by atoms with Crippen molar-refractivity contribution in [3.8, 4) is 11.3 Å². The number of thiophene rings is 1. The Morgan fingerprint density at radius 1 is 0.889 bits per heavy atom. The molecule has 0 N–H and O–H groups in total. The number of aromatic nitrogens is 2. The second-order valence-corrected chi connectivity index (χ2v) is 29.5. The predicted octanol–water partition coefficient (Wildman–Crippen LogP) is 15.5. The summed E-state index contributed by atoms with van der Waals surface area (Å²) in [6, 6.07) is 40.7. The Morgan fingerprint density at radius 2 is 1.70 bits per heavy atom. The molecule has 9 aromatic rings. The van der Waals surface area contributed by atoms with Crippen LogP contribution in [0.4, 0.5) is 17.1 Å². The van der Waals surface area contributed by atoms with Crippen molar-refractivity contribution in [1.29, 1.82) is 0 Å². The van der Waals surface area contributed by atoms with Gasteiger partial charge in [0.15, 0.2) is 0 Å². The molecule has 0 radical (unpaired) electrons. The third-order valence-electron chi connectivity index (χ3n) is 12.4. The largest absolute Gasteiger partial charge is 3.00 e. The number of benzene rings is 5. The first kappa shape index (κ1) is 37.6. The Hall–Kier alpha value is -4.79. The standard InChI is InChI=1S/C33H23N3OS.C22H30GeN.Ir/c1-18-17-25-21-9-4-7-14-28(21)37-30(25)20(3)29(18)36-27-13-6-5-12-26(27)35-32(36)24-11-8-10-22-23-16-15-19(2)34-33(23)38-31(22)24;1-17-10-12-19(13-11-17)22-15-20(14-18-8-6-5-7-9-18)21(16-24-22)23(2,3)4;/h4-10,12-17,32H,1-3H3;10-12,15-16,18H,5-9,14H2,1-4H3;/q-2;-1;+3/i;1D3,14D2;. The molecule has 1 aliphatic carbocycles. The van der Waals surface area contributed by atoms with E-state index in [2.05, 4.69) is 114 Å². The van der Waals surface area contributed by atoms with E-state index in [1.807, 2.05) is 37.4 Å². The van der Waals surface area contributed by atoms with E-state index in [-0.39, 0.29) is 37.8 Å². The average Bonchev–Trinajstić information content (AvgIpc) is 4.00. The summed E-state index contributed by atoms with van der Waals surface area (Å²) < 4.78 is 49.4. The van der Waals surface area contributed by atoms with Gasteiger partial charge in [-0.3, -0.25) is 0 Å². The van der Waals surface area contributed by atoms with Crippen LogP contribution in [-0.2, 0) is 26.5 Å². The Morgan fingerprint density at radius 3 is 2.49 bits per heavy atom. The quantitative estimate of drug-likeness (QED) is 0.123. The van der Waals surface area contributed by atoms with Crippen LogP contribution < -0.4 is 9.30 Å². The van der Waals surface area contributed by atoms with Crippen molar-refractivity contribution in [2.45, 2.75) is 89.5 Å². The minimum absolute atomic E-state index is 0. The molecule has 0 saturated heterocycles. The Bertz CT molecular complexity index is 3340. The molecule has 0 spiro atoms. The molecular weight excluding hydrogens is 1030 g/mol. The second-order valence-electron chi connectivity index (χ2n) is 17.9. The van der Waals surface area contributed by atoms with Gasteiger partial charge in [0.05, 0.1) is 0 Å². The third-order valence-corrected chi connectivity index (χ3v) is 17.8. The number of aryl methyl sites for hydroxylation is 4. The molecule has 2 aliphatic rings. The Kier molecular flexibility index (Phi) is 10.5. The van der Waals surface area contributed by atoms with Crippen LogP contribution >= 0.6 is 11.3 Å². The van der Waals surface area contributed by atoms with Crippen LogP contribution in [0.5, 0.6) is 0 Å². The number of pyridine rings is 2.